The summed E-state index contributed by atoms with van der Waals surface area (Å²) in [6.45, 7) is 12.6. The van der Waals surface area contributed by atoms with Gasteiger partial charge in [0, 0.05) is 23.2 Å². The molecule has 2 heterocycles. The van der Waals surface area contributed by atoms with Crippen LogP contribution in [0.2, 0.25) is 0 Å². The third-order valence-corrected chi connectivity index (χ3v) is 14.8. The van der Waals surface area contributed by atoms with E-state index in [-0.39, 0.29) is 36.4 Å². The van der Waals surface area contributed by atoms with Crippen LogP contribution in [0.15, 0.2) is 11.6 Å². The molecule has 0 spiro atoms. The van der Waals surface area contributed by atoms with Crippen molar-refractivity contribution in [3.63, 3.8) is 0 Å². The Morgan fingerprint density at radius 1 is 0.979 bits per heavy atom. The van der Waals surface area contributed by atoms with Crippen molar-refractivity contribution >= 4 is 5.78 Å². The summed E-state index contributed by atoms with van der Waals surface area (Å²) in [4.78, 5) is 14.9. The van der Waals surface area contributed by atoms with E-state index < -0.39 is 101 Å². The number of hydrogen-bond acceptors (Lipinski definition) is 12. The van der Waals surface area contributed by atoms with Gasteiger partial charge in [-0.25, -0.2) is 0 Å². The van der Waals surface area contributed by atoms with Gasteiger partial charge in [-0.2, -0.15) is 0 Å². The van der Waals surface area contributed by atoms with Gasteiger partial charge < -0.3 is 55.1 Å². The Balaban J connectivity index is 1.33. The quantitative estimate of drug-likeness (QED) is 0.181. The zero-order valence-corrected chi connectivity index (χ0v) is 29.4. The van der Waals surface area contributed by atoms with Crippen LogP contribution < -0.4 is 0 Å². The summed E-state index contributed by atoms with van der Waals surface area (Å²) in [6, 6.07) is 0. The van der Waals surface area contributed by atoms with Crippen LogP contribution in [0, 0.1) is 39.4 Å². The summed E-state index contributed by atoms with van der Waals surface area (Å²) in [6.07, 6.45) is -5.93. The summed E-state index contributed by atoms with van der Waals surface area (Å²) in [5.41, 5.74) is -4.09. The summed E-state index contributed by atoms with van der Waals surface area (Å²) < 4.78 is 18.4. The molecule has 3 saturated carbocycles. The zero-order valence-electron chi connectivity index (χ0n) is 29.4. The van der Waals surface area contributed by atoms with Crippen LogP contribution in [-0.2, 0) is 19.0 Å². The molecule has 0 aromatic heterocycles. The number of ether oxygens (including phenoxy) is 3. The second-order valence-corrected chi connectivity index (χ2v) is 17.7. The maximum atomic E-state index is 14.9. The lowest BCUT2D eigenvalue weighted by Gasteiger charge is -2.65. The number of aliphatic hydroxyl groups excluding tert-OH is 7. The summed E-state index contributed by atoms with van der Waals surface area (Å²) in [5, 5.41) is 85.3. The average molecular weight is 683 g/mol. The van der Waals surface area contributed by atoms with Crippen LogP contribution in [-0.4, -0.2) is 126 Å². The lowest BCUT2D eigenvalue weighted by atomic mass is 9.38. The molecule has 0 aromatic carbocycles. The fourth-order valence-electron chi connectivity index (χ4n) is 11.7. The monoisotopic (exact) mass is 682 g/mol. The summed E-state index contributed by atoms with van der Waals surface area (Å²) >= 11 is 0. The third kappa shape index (κ3) is 4.92. The molecule has 0 bridgehead atoms. The van der Waals surface area contributed by atoms with Gasteiger partial charge in [0.05, 0.1) is 43.2 Å². The van der Waals surface area contributed by atoms with Gasteiger partial charge in [0.2, 0.25) is 0 Å². The molecule has 0 radical (unpaired) electrons. The lowest BCUT2D eigenvalue weighted by Crippen LogP contribution is -2.66. The highest BCUT2D eigenvalue weighted by Gasteiger charge is 2.75. The van der Waals surface area contributed by atoms with Crippen molar-refractivity contribution < 1.29 is 59.9 Å². The highest BCUT2D eigenvalue weighted by atomic mass is 16.7. The molecule has 6 rings (SSSR count). The van der Waals surface area contributed by atoms with Crippen molar-refractivity contribution in [2.45, 2.75) is 153 Å². The van der Waals surface area contributed by atoms with Crippen molar-refractivity contribution in [1.29, 1.82) is 0 Å². The molecule has 0 unspecified atom stereocenters. The predicted molar refractivity (Wildman–Crippen MR) is 171 cm³/mol. The summed E-state index contributed by atoms with van der Waals surface area (Å²) in [5.74, 6) is -0.816. The number of carbonyl (C=O) groups is 1. The van der Waals surface area contributed by atoms with Gasteiger partial charge >= 0.3 is 0 Å². The Labute approximate surface area is 283 Å². The number of allylic oxidation sites excluding steroid dienone is 1. The van der Waals surface area contributed by atoms with Gasteiger partial charge in [0.1, 0.15) is 35.8 Å². The molecule has 12 heteroatoms. The fraction of sp³-hybridized carbons (Fsp3) is 0.917. The molecule has 0 amide bonds. The van der Waals surface area contributed by atoms with Gasteiger partial charge in [0.25, 0.3) is 0 Å². The number of hydrogen-bond donors (Lipinski definition) is 8. The number of carbonyl (C=O) groups excluding carboxylic acids is 1. The zero-order chi connectivity index (χ0) is 35.6. The first-order chi connectivity index (χ1) is 22.1. The number of rotatable bonds is 6. The Bertz CT molecular complexity index is 1300. The van der Waals surface area contributed by atoms with E-state index in [9.17, 15) is 45.6 Å². The fourth-order valence-corrected chi connectivity index (χ4v) is 11.7. The van der Waals surface area contributed by atoms with Gasteiger partial charge in [0.15, 0.2) is 6.29 Å². The highest BCUT2D eigenvalue weighted by molar-refractivity contribution is 5.88. The first-order valence-electron chi connectivity index (χ1n) is 17.7. The van der Waals surface area contributed by atoms with Crippen molar-refractivity contribution in [1.82, 2.24) is 0 Å². The van der Waals surface area contributed by atoms with Gasteiger partial charge in [-0.15, -0.1) is 0 Å². The molecule has 5 fully saturated rings. The van der Waals surface area contributed by atoms with Crippen LogP contribution in [0.4, 0.5) is 0 Å². The van der Waals surface area contributed by atoms with Crippen LogP contribution in [0.25, 0.3) is 0 Å². The second kappa shape index (κ2) is 11.7. The van der Waals surface area contributed by atoms with Crippen LogP contribution >= 0.6 is 0 Å². The first-order valence-corrected chi connectivity index (χ1v) is 17.7. The lowest BCUT2D eigenvalue weighted by molar-refractivity contribution is -0.323. The molecule has 17 atom stereocenters. The molecular formula is C36H58O12. The van der Waals surface area contributed by atoms with Crippen LogP contribution in [0.1, 0.15) is 87.0 Å². The molecule has 12 nitrogen and oxygen atoms in total. The molecule has 4 aliphatic carbocycles. The molecule has 6 aliphatic rings. The van der Waals surface area contributed by atoms with Crippen LogP contribution in [0.3, 0.4) is 0 Å². The Kier molecular flexibility index (Phi) is 8.99. The maximum Gasteiger partial charge on any atom is 0.187 e. The number of ketones is 1. The third-order valence-electron chi connectivity index (χ3n) is 14.8. The topological polar surface area (TPSA) is 207 Å². The van der Waals surface area contributed by atoms with Crippen molar-refractivity contribution in [3.05, 3.63) is 11.6 Å². The van der Waals surface area contributed by atoms with E-state index in [1.165, 1.54) is 0 Å². The van der Waals surface area contributed by atoms with E-state index >= 15 is 0 Å². The van der Waals surface area contributed by atoms with Crippen molar-refractivity contribution in [2.24, 2.45) is 39.4 Å². The standard InChI is InChI=1S/C36H58O12/c1-31(2)17-8-9-22-32(3)13-19(39)28(35(6)11-10-24(48-35)34(5,45)16-38)33(32,4)14-23(40)36(22,7)18(17)12-20(29(31)44)46-30-27(43)26(42)25(41)21(15-37)47-30/h8,18-22,24-30,37-39,41-45H,9-16H2,1-7H3/t18-,19-,20+,21-,22+,24-,25-,26+,27-,28+,29+,30-,32+,33-,34+,35+,36+/m1/s1. The van der Waals surface area contributed by atoms with Crippen LogP contribution in [0.5, 0.6) is 0 Å². The van der Waals surface area contributed by atoms with E-state index in [1.54, 1.807) is 6.92 Å². The highest BCUT2D eigenvalue weighted by Crippen LogP contribution is 2.75. The SMILES string of the molecule is CC1(C)C2=CC[C@@H]3[C@@](C)(C(=O)C[C@]4(C)[C@@H]([C@]5(C)CC[C@H]([C@@](C)(O)CO)O5)[C@H](O)C[C@@]34C)[C@@H]2C[C@H](O[C@@H]2O[C@H](CO)[C@@H](O)[C@H](O)[C@H]2O)[C@@H]1O. The first kappa shape index (κ1) is 36.8. The Morgan fingerprint density at radius 3 is 2.27 bits per heavy atom. The Morgan fingerprint density at radius 2 is 1.65 bits per heavy atom. The number of Topliss-reactive ketones (excluding diaryl/α,β-unsaturated/α-hetero) is 1. The van der Waals surface area contributed by atoms with E-state index in [2.05, 4.69) is 19.9 Å². The summed E-state index contributed by atoms with van der Waals surface area (Å²) in [7, 11) is 0. The smallest absolute Gasteiger partial charge is 0.187 e. The minimum absolute atomic E-state index is 0.0708. The van der Waals surface area contributed by atoms with E-state index in [4.69, 9.17) is 14.2 Å². The predicted octanol–water partition coefficient (Wildman–Crippen LogP) is 0.578. The minimum atomic E-state index is -1.63. The van der Waals surface area contributed by atoms with E-state index in [0.29, 0.717) is 25.7 Å². The molecule has 8 N–H and O–H groups in total. The molecule has 2 saturated heterocycles. The molecule has 2 aliphatic heterocycles. The van der Waals surface area contributed by atoms with E-state index in [0.717, 1.165) is 5.57 Å². The Hall–Kier alpha value is -1.03. The molecule has 274 valence electrons. The second-order valence-electron chi connectivity index (χ2n) is 17.7. The normalized spacial score (nSPS) is 54.6. The van der Waals surface area contributed by atoms with Gasteiger partial charge in [-0.3, -0.25) is 4.79 Å². The number of fused-ring (bicyclic) bond motifs is 5. The molecule has 48 heavy (non-hydrogen) atoms. The van der Waals surface area contributed by atoms with Gasteiger partial charge in [-0.05, 0) is 68.6 Å². The maximum absolute atomic E-state index is 14.9. The molecular weight excluding hydrogens is 624 g/mol. The number of aliphatic hydroxyl groups is 8. The van der Waals surface area contributed by atoms with E-state index in [1.807, 2.05) is 27.7 Å². The van der Waals surface area contributed by atoms with Crippen molar-refractivity contribution in [3.8, 4) is 0 Å². The largest absolute Gasteiger partial charge is 0.394 e. The molecule has 0 aromatic rings. The average Bonchev–Trinajstić information content (AvgIpc) is 3.51. The van der Waals surface area contributed by atoms with Crippen molar-refractivity contribution in [2.75, 3.05) is 13.2 Å². The minimum Gasteiger partial charge on any atom is -0.394 e. The van der Waals surface area contributed by atoms with Gasteiger partial charge in [-0.1, -0.05) is 46.3 Å².